The second-order valence-corrected chi connectivity index (χ2v) is 7.13. The summed E-state index contributed by atoms with van der Waals surface area (Å²) in [4.78, 5) is 0. The van der Waals surface area contributed by atoms with Gasteiger partial charge in [-0.2, -0.15) is 0 Å². The third-order valence-corrected chi connectivity index (χ3v) is 5.63. The van der Waals surface area contributed by atoms with Crippen molar-refractivity contribution in [1.82, 2.24) is 5.32 Å². The van der Waals surface area contributed by atoms with Crippen LogP contribution in [0.25, 0.3) is 0 Å². The summed E-state index contributed by atoms with van der Waals surface area (Å²) in [6, 6.07) is 4.04. The summed E-state index contributed by atoms with van der Waals surface area (Å²) in [5.41, 5.74) is 0. The lowest BCUT2D eigenvalue weighted by Gasteiger charge is -2.59. The molecule has 0 aromatic carbocycles. The van der Waals surface area contributed by atoms with Gasteiger partial charge in [0.2, 0.25) is 0 Å². The SMILES string of the molecule is CC[N+]1(C(C)C)[C@@H]2CCC[C@H]1CC(NC(C)C)C2. The number of nitrogens with one attached hydrogen (secondary N) is 1. The predicted molar refractivity (Wildman–Crippen MR) is 78.7 cm³/mol. The third kappa shape index (κ3) is 2.34. The fourth-order valence-corrected chi connectivity index (χ4v) is 5.08. The van der Waals surface area contributed by atoms with E-state index in [0.717, 1.165) is 24.2 Å². The molecule has 106 valence electrons. The number of quaternary nitrogens is 1. The van der Waals surface area contributed by atoms with Gasteiger partial charge in [-0.25, -0.2) is 0 Å². The van der Waals surface area contributed by atoms with Crippen LogP contribution in [0, 0.1) is 0 Å². The highest BCUT2D eigenvalue weighted by Gasteiger charge is 2.51. The number of hydrogen-bond acceptors (Lipinski definition) is 1. The summed E-state index contributed by atoms with van der Waals surface area (Å²) in [5.74, 6) is 0. The molecule has 2 aliphatic rings. The minimum Gasteiger partial charge on any atom is -0.317 e. The molecule has 0 amide bonds. The van der Waals surface area contributed by atoms with E-state index in [1.807, 2.05) is 0 Å². The van der Waals surface area contributed by atoms with E-state index < -0.39 is 0 Å². The van der Waals surface area contributed by atoms with Crippen LogP contribution in [-0.4, -0.2) is 41.2 Å². The average Bonchev–Trinajstić information content (AvgIpc) is 2.26. The van der Waals surface area contributed by atoms with Gasteiger partial charge in [0, 0.05) is 24.9 Å². The molecule has 2 fully saturated rings. The molecule has 0 aliphatic carbocycles. The first-order chi connectivity index (χ1) is 8.50. The minimum atomic E-state index is 0.636. The van der Waals surface area contributed by atoms with Crippen molar-refractivity contribution in [3.63, 3.8) is 0 Å². The van der Waals surface area contributed by atoms with E-state index in [0.29, 0.717) is 6.04 Å². The van der Waals surface area contributed by atoms with E-state index in [-0.39, 0.29) is 0 Å². The summed E-state index contributed by atoms with van der Waals surface area (Å²) >= 11 is 0. The lowest BCUT2D eigenvalue weighted by molar-refractivity contribution is -1.000. The highest BCUT2D eigenvalue weighted by atomic mass is 15.4. The van der Waals surface area contributed by atoms with Gasteiger partial charge < -0.3 is 9.80 Å². The van der Waals surface area contributed by atoms with Crippen molar-refractivity contribution in [3.8, 4) is 0 Å². The van der Waals surface area contributed by atoms with Gasteiger partial charge in [0.05, 0.1) is 24.7 Å². The first kappa shape index (κ1) is 14.3. The zero-order chi connectivity index (χ0) is 13.3. The van der Waals surface area contributed by atoms with Crippen molar-refractivity contribution in [2.45, 2.75) is 96.9 Å². The van der Waals surface area contributed by atoms with Gasteiger partial charge in [-0.1, -0.05) is 13.8 Å². The maximum atomic E-state index is 3.80. The van der Waals surface area contributed by atoms with Gasteiger partial charge in [-0.3, -0.25) is 0 Å². The molecule has 0 spiro atoms. The number of rotatable bonds is 4. The molecule has 2 rings (SSSR count). The van der Waals surface area contributed by atoms with Crippen molar-refractivity contribution >= 4 is 0 Å². The van der Waals surface area contributed by atoms with Crippen LogP contribution in [0.3, 0.4) is 0 Å². The molecule has 0 aromatic rings. The normalized spacial score (nSPS) is 40.5. The van der Waals surface area contributed by atoms with Crippen LogP contribution in [0.4, 0.5) is 0 Å². The molecule has 2 heterocycles. The molecule has 18 heavy (non-hydrogen) atoms. The zero-order valence-corrected chi connectivity index (χ0v) is 13.1. The van der Waals surface area contributed by atoms with Crippen LogP contribution in [0.15, 0.2) is 0 Å². The van der Waals surface area contributed by atoms with Crippen LogP contribution < -0.4 is 5.32 Å². The van der Waals surface area contributed by atoms with Gasteiger partial charge in [-0.05, 0) is 40.0 Å². The van der Waals surface area contributed by atoms with E-state index in [2.05, 4.69) is 39.9 Å². The molecule has 0 radical (unpaired) electrons. The molecule has 2 saturated heterocycles. The third-order valence-electron chi connectivity index (χ3n) is 5.63. The van der Waals surface area contributed by atoms with Crippen molar-refractivity contribution in [3.05, 3.63) is 0 Å². The number of piperidine rings is 2. The highest BCUT2D eigenvalue weighted by molar-refractivity contribution is 4.89. The molecule has 2 unspecified atom stereocenters. The van der Waals surface area contributed by atoms with Gasteiger partial charge >= 0.3 is 0 Å². The largest absolute Gasteiger partial charge is 0.317 e. The van der Waals surface area contributed by atoms with Crippen LogP contribution >= 0.6 is 0 Å². The van der Waals surface area contributed by atoms with Gasteiger partial charge in [-0.15, -0.1) is 0 Å². The molecule has 1 N–H and O–H groups in total. The molecule has 2 aliphatic heterocycles. The Balaban J connectivity index is 2.16. The van der Waals surface area contributed by atoms with E-state index >= 15 is 0 Å². The molecule has 2 nitrogen and oxygen atoms in total. The summed E-state index contributed by atoms with van der Waals surface area (Å²) in [5, 5.41) is 3.80. The van der Waals surface area contributed by atoms with Crippen molar-refractivity contribution in [2.24, 2.45) is 0 Å². The summed E-state index contributed by atoms with van der Waals surface area (Å²) in [7, 11) is 0. The van der Waals surface area contributed by atoms with Crippen LogP contribution in [0.1, 0.15) is 66.7 Å². The summed E-state index contributed by atoms with van der Waals surface area (Å²) in [6.07, 6.45) is 7.19. The Hall–Kier alpha value is -0.0800. The number of hydrogen-bond donors (Lipinski definition) is 1. The Kier molecular flexibility index (Phi) is 4.38. The maximum Gasteiger partial charge on any atom is 0.0909 e. The van der Waals surface area contributed by atoms with Crippen molar-refractivity contribution in [1.29, 1.82) is 0 Å². The lowest BCUT2D eigenvalue weighted by Crippen LogP contribution is -2.71. The quantitative estimate of drug-likeness (QED) is 0.758. The minimum absolute atomic E-state index is 0.636. The lowest BCUT2D eigenvalue weighted by atomic mass is 9.77. The molecule has 2 heteroatoms. The Morgan fingerprint density at radius 1 is 1.06 bits per heavy atom. The summed E-state index contributed by atoms with van der Waals surface area (Å²) < 4.78 is 1.41. The monoisotopic (exact) mass is 253 g/mol. The molecule has 2 bridgehead atoms. The van der Waals surface area contributed by atoms with E-state index in [1.54, 1.807) is 0 Å². The summed E-state index contributed by atoms with van der Waals surface area (Å²) in [6.45, 7) is 13.2. The Morgan fingerprint density at radius 3 is 2.00 bits per heavy atom. The van der Waals surface area contributed by atoms with Crippen molar-refractivity contribution < 1.29 is 4.48 Å². The first-order valence-corrected chi connectivity index (χ1v) is 8.13. The van der Waals surface area contributed by atoms with E-state index in [9.17, 15) is 0 Å². The predicted octanol–water partition coefficient (Wildman–Crippen LogP) is 3.31. The first-order valence-electron chi connectivity index (χ1n) is 8.13. The molecular weight excluding hydrogens is 220 g/mol. The van der Waals surface area contributed by atoms with Gasteiger partial charge in [0.1, 0.15) is 0 Å². The topological polar surface area (TPSA) is 12.0 Å². The van der Waals surface area contributed by atoms with Gasteiger partial charge in [0.25, 0.3) is 0 Å². The van der Waals surface area contributed by atoms with Gasteiger partial charge in [0.15, 0.2) is 0 Å². The maximum absolute atomic E-state index is 3.80. The van der Waals surface area contributed by atoms with Crippen LogP contribution in [0.2, 0.25) is 0 Å². The smallest absolute Gasteiger partial charge is 0.0909 e. The fourth-order valence-electron chi connectivity index (χ4n) is 5.08. The Bertz CT molecular complexity index is 258. The molecular formula is C16H33N2+. The number of nitrogens with zero attached hydrogens (tertiary/aromatic N) is 1. The fraction of sp³-hybridized carbons (Fsp3) is 1.00. The highest BCUT2D eigenvalue weighted by Crippen LogP contribution is 2.42. The second-order valence-electron chi connectivity index (χ2n) is 7.13. The van der Waals surface area contributed by atoms with Crippen molar-refractivity contribution in [2.75, 3.05) is 6.54 Å². The molecule has 0 aromatic heterocycles. The Labute approximate surface area is 114 Å². The van der Waals surface area contributed by atoms with E-state index in [1.165, 1.54) is 43.1 Å². The standard InChI is InChI=1S/C16H33N2/c1-6-18(13(4)5)15-8-7-9-16(18)11-14(10-15)17-12(2)3/h12-17H,6-11H2,1-5H3/q+1/t14?,15-,16+,18?. The zero-order valence-electron chi connectivity index (χ0n) is 13.1. The average molecular weight is 253 g/mol. The van der Waals surface area contributed by atoms with Crippen LogP contribution in [0.5, 0.6) is 0 Å². The second kappa shape index (κ2) is 5.50. The number of fused-ring (bicyclic) bond motifs is 2. The molecule has 0 saturated carbocycles. The van der Waals surface area contributed by atoms with Crippen LogP contribution in [-0.2, 0) is 0 Å². The Morgan fingerprint density at radius 2 is 1.61 bits per heavy atom. The molecule has 4 atom stereocenters. The van der Waals surface area contributed by atoms with E-state index in [4.69, 9.17) is 0 Å².